The zero-order valence-electron chi connectivity index (χ0n) is 9.41. The zero-order chi connectivity index (χ0) is 11.3. The third kappa shape index (κ3) is 2.80. The lowest BCUT2D eigenvalue weighted by molar-refractivity contribution is 0.0944. The average Bonchev–Trinajstić information content (AvgIpc) is 2.30. The van der Waals surface area contributed by atoms with Gasteiger partial charge in [0.2, 0.25) is 0 Å². The number of rotatable bonds is 5. The maximum atomic E-state index is 12.0. The fourth-order valence-corrected chi connectivity index (χ4v) is 1.50. The predicted octanol–water partition coefficient (Wildman–Crippen LogP) is 1.88. The molecular formula is C12H17NO2. The molecular weight excluding hydrogens is 190 g/mol. The van der Waals surface area contributed by atoms with E-state index in [1.54, 1.807) is 20.2 Å². The number of benzene rings is 1. The molecule has 1 aromatic carbocycles. The molecule has 1 rings (SSSR count). The number of ether oxygens (including phenoxy) is 1. The van der Waals surface area contributed by atoms with Gasteiger partial charge >= 0.3 is 0 Å². The fourth-order valence-electron chi connectivity index (χ4n) is 1.50. The van der Waals surface area contributed by atoms with Crippen molar-refractivity contribution in [1.82, 2.24) is 5.32 Å². The molecule has 0 spiro atoms. The topological polar surface area (TPSA) is 38.3 Å². The predicted molar refractivity (Wildman–Crippen MR) is 60.5 cm³/mol. The second-order valence-corrected chi connectivity index (χ2v) is 3.35. The molecule has 0 aliphatic rings. The first-order chi connectivity index (χ1) is 7.22. The van der Waals surface area contributed by atoms with Crippen molar-refractivity contribution in [1.29, 1.82) is 0 Å². The molecule has 0 radical (unpaired) electrons. The summed E-state index contributed by atoms with van der Waals surface area (Å²) in [5.41, 5.74) is 0.690. The highest BCUT2D eigenvalue weighted by atomic mass is 16.5. The molecule has 3 heteroatoms. The average molecular weight is 207 g/mol. The van der Waals surface area contributed by atoms with Gasteiger partial charge in [-0.1, -0.05) is 19.1 Å². The Hall–Kier alpha value is -1.35. The number of ketones is 1. The highest BCUT2D eigenvalue weighted by Gasteiger charge is 2.16. The van der Waals surface area contributed by atoms with Crippen LogP contribution in [0.2, 0.25) is 0 Å². The second kappa shape index (κ2) is 5.51. The van der Waals surface area contributed by atoms with Crippen LogP contribution < -0.4 is 10.1 Å². The van der Waals surface area contributed by atoms with E-state index in [-0.39, 0.29) is 11.8 Å². The molecule has 1 N–H and O–H groups in total. The van der Waals surface area contributed by atoms with Gasteiger partial charge < -0.3 is 10.1 Å². The summed E-state index contributed by atoms with van der Waals surface area (Å²) in [4.78, 5) is 12.0. The van der Waals surface area contributed by atoms with E-state index >= 15 is 0 Å². The number of carbonyl (C=O) groups excluding carboxylic acids is 1. The molecule has 0 aliphatic carbocycles. The van der Waals surface area contributed by atoms with Gasteiger partial charge in [0.05, 0.1) is 13.2 Å². The lowest BCUT2D eigenvalue weighted by atomic mass is 10.0. The van der Waals surface area contributed by atoms with Crippen LogP contribution in [0.1, 0.15) is 23.7 Å². The Morgan fingerprint density at radius 1 is 1.53 bits per heavy atom. The van der Waals surface area contributed by atoms with E-state index in [2.05, 4.69) is 5.32 Å². The van der Waals surface area contributed by atoms with Crippen molar-refractivity contribution in [2.45, 2.75) is 19.4 Å². The number of Topliss-reactive ketones (excluding diaryl/α,β-unsaturated/α-hetero) is 1. The van der Waals surface area contributed by atoms with Crippen LogP contribution in [-0.2, 0) is 0 Å². The van der Waals surface area contributed by atoms with E-state index in [0.29, 0.717) is 11.3 Å². The quantitative estimate of drug-likeness (QED) is 0.749. The molecule has 3 nitrogen and oxygen atoms in total. The van der Waals surface area contributed by atoms with Crippen LogP contribution in [0.3, 0.4) is 0 Å². The van der Waals surface area contributed by atoms with Gasteiger partial charge in [-0.15, -0.1) is 0 Å². The molecule has 15 heavy (non-hydrogen) atoms. The summed E-state index contributed by atoms with van der Waals surface area (Å²) < 4.78 is 5.08. The lowest BCUT2D eigenvalue weighted by Crippen LogP contribution is -2.33. The first kappa shape index (κ1) is 11.7. The number of methoxy groups -OCH3 is 1. The van der Waals surface area contributed by atoms with Crippen LogP contribution in [0.15, 0.2) is 24.3 Å². The smallest absolute Gasteiger partial charge is 0.179 e. The van der Waals surface area contributed by atoms with Crippen LogP contribution in [0.5, 0.6) is 5.75 Å². The molecule has 0 amide bonds. The Kier molecular flexibility index (Phi) is 4.31. The van der Waals surface area contributed by atoms with Crippen molar-refractivity contribution in [2.75, 3.05) is 14.2 Å². The molecule has 0 fully saturated rings. The van der Waals surface area contributed by atoms with Crippen molar-refractivity contribution in [3.63, 3.8) is 0 Å². The molecule has 0 bridgehead atoms. The van der Waals surface area contributed by atoms with Gasteiger partial charge in [0.25, 0.3) is 0 Å². The summed E-state index contributed by atoms with van der Waals surface area (Å²) in [6.45, 7) is 1.99. The van der Waals surface area contributed by atoms with Gasteiger partial charge in [-0.3, -0.25) is 4.79 Å². The van der Waals surface area contributed by atoms with E-state index in [1.165, 1.54) is 0 Å². The van der Waals surface area contributed by atoms with Crippen molar-refractivity contribution >= 4 is 5.78 Å². The van der Waals surface area contributed by atoms with Crippen molar-refractivity contribution in [3.05, 3.63) is 29.8 Å². The molecule has 82 valence electrons. The van der Waals surface area contributed by atoms with Gasteiger partial charge in [-0.2, -0.15) is 0 Å². The normalized spacial score (nSPS) is 12.2. The summed E-state index contributed by atoms with van der Waals surface area (Å²) >= 11 is 0. The van der Waals surface area contributed by atoms with Crippen LogP contribution in [0, 0.1) is 0 Å². The Balaban J connectivity index is 2.90. The Morgan fingerprint density at radius 3 is 2.80 bits per heavy atom. The van der Waals surface area contributed by atoms with Crippen LogP contribution in [0.25, 0.3) is 0 Å². The SMILES string of the molecule is CCC(NC)C(=O)c1cccc(OC)c1. The van der Waals surface area contributed by atoms with Gasteiger partial charge in [-0.05, 0) is 25.6 Å². The number of hydrogen-bond donors (Lipinski definition) is 1. The van der Waals surface area contributed by atoms with Crippen LogP contribution >= 0.6 is 0 Å². The molecule has 1 atom stereocenters. The highest BCUT2D eigenvalue weighted by molar-refractivity contribution is 6.00. The summed E-state index contributed by atoms with van der Waals surface area (Å²) in [6, 6.07) is 7.12. The van der Waals surface area contributed by atoms with Gasteiger partial charge in [0.15, 0.2) is 5.78 Å². The number of nitrogens with one attached hydrogen (secondary N) is 1. The van der Waals surface area contributed by atoms with Crippen molar-refractivity contribution < 1.29 is 9.53 Å². The van der Waals surface area contributed by atoms with Crippen LogP contribution in [-0.4, -0.2) is 26.0 Å². The highest BCUT2D eigenvalue weighted by Crippen LogP contribution is 2.14. The minimum Gasteiger partial charge on any atom is -0.497 e. The molecule has 1 aromatic rings. The second-order valence-electron chi connectivity index (χ2n) is 3.35. The molecule has 0 aliphatic heterocycles. The Labute approximate surface area is 90.4 Å². The number of likely N-dealkylation sites (N-methyl/N-ethyl adjacent to an activating group) is 1. The van der Waals surface area contributed by atoms with E-state index < -0.39 is 0 Å². The van der Waals surface area contributed by atoms with Gasteiger partial charge in [0.1, 0.15) is 5.75 Å². The molecule has 0 saturated carbocycles. The Morgan fingerprint density at radius 2 is 2.27 bits per heavy atom. The minimum absolute atomic E-state index is 0.110. The van der Waals surface area contributed by atoms with E-state index in [0.717, 1.165) is 6.42 Å². The van der Waals surface area contributed by atoms with Gasteiger partial charge in [0, 0.05) is 5.56 Å². The number of hydrogen-bond acceptors (Lipinski definition) is 3. The monoisotopic (exact) mass is 207 g/mol. The third-order valence-corrected chi connectivity index (χ3v) is 2.43. The standard InChI is InChI=1S/C12H17NO2/c1-4-11(13-2)12(14)9-6-5-7-10(8-9)15-3/h5-8,11,13H,4H2,1-3H3. The summed E-state index contributed by atoms with van der Waals surface area (Å²) in [5, 5.41) is 3.00. The lowest BCUT2D eigenvalue weighted by Gasteiger charge is -2.12. The molecule has 0 heterocycles. The first-order valence-corrected chi connectivity index (χ1v) is 5.08. The van der Waals surface area contributed by atoms with E-state index in [4.69, 9.17) is 4.74 Å². The molecule has 0 aromatic heterocycles. The van der Waals surface area contributed by atoms with E-state index in [1.807, 2.05) is 25.1 Å². The largest absolute Gasteiger partial charge is 0.497 e. The Bertz CT molecular complexity index is 332. The fraction of sp³-hybridized carbons (Fsp3) is 0.417. The van der Waals surface area contributed by atoms with Crippen molar-refractivity contribution in [2.24, 2.45) is 0 Å². The van der Waals surface area contributed by atoms with Crippen molar-refractivity contribution in [3.8, 4) is 5.75 Å². The zero-order valence-corrected chi connectivity index (χ0v) is 9.41. The summed E-state index contributed by atoms with van der Waals surface area (Å²) in [5.74, 6) is 0.825. The van der Waals surface area contributed by atoms with E-state index in [9.17, 15) is 4.79 Å². The first-order valence-electron chi connectivity index (χ1n) is 5.08. The summed E-state index contributed by atoms with van der Waals surface area (Å²) in [7, 11) is 3.39. The molecule has 0 saturated heterocycles. The maximum Gasteiger partial charge on any atom is 0.179 e. The summed E-state index contributed by atoms with van der Waals surface area (Å²) in [6.07, 6.45) is 0.784. The number of carbonyl (C=O) groups is 1. The molecule has 1 unspecified atom stereocenters. The van der Waals surface area contributed by atoms with Gasteiger partial charge in [-0.25, -0.2) is 0 Å². The van der Waals surface area contributed by atoms with Crippen LogP contribution in [0.4, 0.5) is 0 Å². The third-order valence-electron chi connectivity index (χ3n) is 2.43. The minimum atomic E-state index is -0.114. The maximum absolute atomic E-state index is 12.0.